The number of amides is 3. The lowest BCUT2D eigenvalue weighted by Crippen LogP contribution is -2.51. The molecule has 0 bridgehead atoms. The maximum absolute atomic E-state index is 13.3. The number of likely N-dealkylation sites (tertiary alicyclic amines) is 1. The maximum Gasteiger partial charge on any atom is 0.250 e. The third-order valence-corrected chi connectivity index (χ3v) is 7.85. The molecule has 2 aliphatic rings. The minimum Gasteiger partial charge on any atom is -0.497 e. The molecule has 0 radical (unpaired) electrons. The number of rotatable bonds is 5. The van der Waals surface area contributed by atoms with Gasteiger partial charge in [0, 0.05) is 18.0 Å². The Bertz CT molecular complexity index is 1240. The molecule has 0 spiro atoms. The minimum atomic E-state index is -0.874. The molecular weight excluding hydrogens is 460 g/mol. The number of carbonyl (C=O) groups is 3. The maximum atomic E-state index is 13.3. The lowest BCUT2D eigenvalue weighted by atomic mass is 10.2. The van der Waals surface area contributed by atoms with Gasteiger partial charge in [-0.05, 0) is 43.2 Å². The Morgan fingerprint density at radius 3 is 2.76 bits per heavy atom. The van der Waals surface area contributed by atoms with E-state index in [1.807, 2.05) is 36.4 Å². The molecule has 1 fully saturated rings. The van der Waals surface area contributed by atoms with Gasteiger partial charge >= 0.3 is 0 Å². The van der Waals surface area contributed by atoms with Gasteiger partial charge in [-0.3, -0.25) is 14.4 Å². The quantitative estimate of drug-likeness (QED) is 0.561. The van der Waals surface area contributed by atoms with Crippen LogP contribution in [0.4, 0.5) is 10.8 Å². The monoisotopic (exact) mass is 482 g/mol. The highest BCUT2D eigenvalue weighted by atomic mass is 32.2. The molecule has 0 unspecified atom stereocenters. The smallest absolute Gasteiger partial charge is 0.250 e. The average Bonchev–Trinajstić information content (AvgIpc) is 3.49. The summed E-state index contributed by atoms with van der Waals surface area (Å²) in [6.07, 6.45) is 1.90. The molecule has 3 aromatic rings. The first-order chi connectivity index (χ1) is 16.0. The van der Waals surface area contributed by atoms with Crippen LogP contribution < -0.4 is 15.0 Å². The summed E-state index contributed by atoms with van der Waals surface area (Å²) in [5, 5.41) is 2.37. The number of methoxy groups -OCH3 is 1. The van der Waals surface area contributed by atoms with Gasteiger partial charge in [0.25, 0.3) is 5.91 Å². The summed E-state index contributed by atoms with van der Waals surface area (Å²) in [6.45, 7) is 1.15. The highest BCUT2D eigenvalue weighted by Gasteiger charge is 2.41. The molecule has 2 aliphatic heterocycles. The Hall–Kier alpha value is -3.11. The highest BCUT2D eigenvalue weighted by Crippen LogP contribution is 2.40. The zero-order chi connectivity index (χ0) is 22.9. The normalized spacial score (nSPS) is 17.8. The number of fused-ring (bicyclic) bond motifs is 2. The molecule has 0 aliphatic carbocycles. The Labute approximate surface area is 198 Å². The molecule has 2 aromatic carbocycles. The number of nitrogens with zero attached hydrogens (tertiary/aromatic N) is 3. The molecule has 3 amide bonds. The second-order valence-corrected chi connectivity index (χ2v) is 10.0. The van der Waals surface area contributed by atoms with Crippen LogP contribution in [0.5, 0.6) is 5.75 Å². The second kappa shape index (κ2) is 9.03. The second-order valence-electron chi connectivity index (χ2n) is 7.82. The molecule has 3 heterocycles. The number of thioether (sulfide) groups is 1. The van der Waals surface area contributed by atoms with E-state index in [0.29, 0.717) is 29.7 Å². The zero-order valence-electron chi connectivity index (χ0n) is 17.9. The number of anilines is 2. The third kappa shape index (κ3) is 4.28. The van der Waals surface area contributed by atoms with Crippen molar-refractivity contribution in [2.75, 3.05) is 37.0 Å². The van der Waals surface area contributed by atoms with Crippen LogP contribution in [0.25, 0.3) is 10.2 Å². The van der Waals surface area contributed by atoms with Gasteiger partial charge in [-0.15, -0.1) is 11.8 Å². The van der Waals surface area contributed by atoms with E-state index < -0.39 is 5.25 Å². The Kier molecular flexibility index (Phi) is 5.94. The number of nitrogens with one attached hydrogen (secondary N) is 1. The fraction of sp³-hybridized carbons (Fsp3) is 0.304. The van der Waals surface area contributed by atoms with Gasteiger partial charge in [-0.25, -0.2) is 4.98 Å². The van der Waals surface area contributed by atoms with Crippen LogP contribution in [-0.4, -0.2) is 59.6 Å². The molecule has 10 heteroatoms. The highest BCUT2D eigenvalue weighted by molar-refractivity contribution is 8.01. The lowest BCUT2D eigenvalue weighted by Gasteiger charge is -2.34. The van der Waals surface area contributed by atoms with Gasteiger partial charge < -0.3 is 19.9 Å². The van der Waals surface area contributed by atoms with Crippen molar-refractivity contribution < 1.29 is 19.1 Å². The molecule has 1 aromatic heterocycles. The van der Waals surface area contributed by atoms with Crippen molar-refractivity contribution in [2.45, 2.75) is 23.0 Å². The molecule has 1 N–H and O–H groups in total. The van der Waals surface area contributed by atoms with Crippen LogP contribution in [-0.2, 0) is 14.4 Å². The van der Waals surface area contributed by atoms with Gasteiger partial charge in [0.1, 0.15) is 12.3 Å². The van der Waals surface area contributed by atoms with Crippen LogP contribution in [0, 0.1) is 0 Å². The molecular formula is C23H22N4O4S2. The van der Waals surface area contributed by atoms with Gasteiger partial charge in [0.15, 0.2) is 10.4 Å². The number of thiazole rings is 1. The Morgan fingerprint density at radius 2 is 1.97 bits per heavy atom. The molecule has 1 atom stereocenters. The molecule has 170 valence electrons. The molecule has 5 rings (SSSR count). The van der Waals surface area contributed by atoms with Crippen molar-refractivity contribution in [2.24, 2.45) is 0 Å². The number of ether oxygens (including phenoxy) is 1. The molecule has 33 heavy (non-hydrogen) atoms. The van der Waals surface area contributed by atoms with Crippen LogP contribution in [0.15, 0.2) is 47.4 Å². The van der Waals surface area contributed by atoms with Gasteiger partial charge in [-0.1, -0.05) is 23.5 Å². The Balaban J connectivity index is 1.36. The molecule has 1 saturated heterocycles. The van der Waals surface area contributed by atoms with Crippen LogP contribution in [0.1, 0.15) is 12.8 Å². The predicted molar refractivity (Wildman–Crippen MR) is 129 cm³/mol. The van der Waals surface area contributed by atoms with E-state index in [1.54, 1.807) is 18.1 Å². The standard InChI is InChI=1S/C23H22N4O4S2/c1-31-14-8-9-15-18(12-14)33-23(24-15)25-19(28)13-27-16-6-2-3-7-17(16)32-20(22(27)30)21(29)26-10-4-5-11-26/h2-3,6-9,12,20H,4-5,10-11,13H2,1H3,(H,24,25,28)/t20-/m0/s1. The number of para-hydroxylation sites is 1. The van der Waals surface area contributed by atoms with Gasteiger partial charge in [-0.2, -0.15) is 0 Å². The molecule has 8 nitrogen and oxygen atoms in total. The minimum absolute atomic E-state index is 0.178. The summed E-state index contributed by atoms with van der Waals surface area (Å²) in [5.74, 6) is -0.198. The topological polar surface area (TPSA) is 91.8 Å². The summed E-state index contributed by atoms with van der Waals surface area (Å²) >= 11 is 2.60. The first-order valence-corrected chi connectivity index (χ1v) is 12.3. The van der Waals surface area contributed by atoms with E-state index in [2.05, 4.69) is 10.3 Å². The van der Waals surface area contributed by atoms with Crippen molar-refractivity contribution in [3.8, 4) is 5.75 Å². The van der Waals surface area contributed by atoms with Crippen molar-refractivity contribution in [3.05, 3.63) is 42.5 Å². The number of hydrogen-bond acceptors (Lipinski definition) is 7. The summed E-state index contributed by atoms with van der Waals surface area (Å²) in [6, 6.07) is 12.9. The fourth-order valence-corrected chi connectivity index (χ4v) is 6.13. The first-order valence-electron chi connectivity index (χ1n) is 10.6. The summed E-state index contributed by atoms with van der Waals surface area (Å²) in [5.41, 5.74) is 1.39. The van der Waals surface area contributed by atoms with Crippen molar-refractivity contribution in [1.82, 2.24) is 9.88 Å². The average molecular weight is 483 g/mol. The van der Waals surface area contributed by atoms with Crippen molar-refractivity contribution in [1.29, 1.82) is 0 Å². The summed E-state index contributed by atoms with van der Waals surface area (Å²) in [7, 11) is 1.60. The lowest BCUT2D eigenvalue weighted by molar-refractivity contribution is -0.134. The van der Waals surface area contributed by atoms with E-state index in [9.17, 15) is 14.4 Å². The fourth-order valence-electron chi connectivity index (χ4n) is 4.03. The largest absolute Gasteiger partial charge is 0.497 e. The van der Waals surface area contributed by atoms with E-state index >= 15 is 0 Å². The van der Waals surface area contributed by atoms with Crippen LogP contribution in [0.3, 0.4) is 0 Å². The third-order valence-electron chi connectivity index (χ3n) is 5.68. The van der Waals surface area contributed by atoms with E-state index in [-0.39, 0.29) is 24.3 Å². The van der Waals surface area contributed by atoms with Crippen LogP contribution >= 0.6 is 23.1 Å². The van der Waals surface area contributed by atoms with E-state index in [1.165, 1.54) is 28.0 Å². The van der Waals surface area contributed by atoms with Crippen LogP contribution in [0.2, 0.25) is 0 Å². The number of hydrogen-bond donors (Lipinski definition) is 1. The van der Waals surface area contributed by atoms with Crippen molar-refractivity contribution in [3.63, 3.8) is 0 Å². The number of aromatic nitrogens is 1. The zero-order valence-corrected chi connectivity index (χ0v) is 19.6. The first kappa shape index (κ1) is 21.7. The molecule has 0 saturated carbocycles. The predicted octanol–water partition coefficient (Wildman–Crippen LogP) is 3.37. The SMILES string of the molecule is COc1ccc2nc(NC(=O)CN3C(=O)[C@H](C(=O)N4CCCC4)Sc4ccccc43)sc2c1. The number of carbonyl (C=O) groups excluding carboxylic acids is 3. The van der Waals surface area contributed by atoms with E-state index in [0.717, 1.165) is 28.0 Å². The van der Waals surface area contributed by atoms with Crippen molar-refractivity contribution >= 4 is 61.9 Å². The van der Waals surface area contributed by atoms with E-state index in [4.69, 9.17) is 4.74 Å². The summed E-state index contributed by atoms with van der Waals surface area (Å²) in [4.78, 5) is 47.7. The number of benzene rings is 2. The Morgan fingerprint density at radius 1 is 1.18 bits per heavy atom. The summed E-state index contributed by atoms with van der Waals surface area (Å²) < 4.78 is 6.12. The van der Waals surface area contributed by atoms with Gasteiger partial charge in [0.05, 0.1) is 23.0 Å². The van der Waals surface area contributed by atoms with Gasteiger partial charge in [0.2, 0.25) is 11.8 Å².